The molecule has 0 unspecified atom stereocenters. The molecule has 0 saturated carbocycles. The number of nitrogens with zero attached hydrogens (tertiary/aromatic N) is 1. The topological polar surface area (TPSA) is 55.6 Å². The van der Waals surface area contributed by atoms with E-state index in [1.54, 1.807) is 0 Å². The largest absolute Gasteiger partial charge is 0.461 e. The summed E-state index contributed by atoms with van der Waals surface area (Å²) in [6.07, 6.45) is 1.70. The molecule has 1 aromatic rings. The highest BCUT2D eigenvalue weighted by Gasteiger charge is 2.25. The van der Waals surface area contributed by atoms with E-state index in [0.29, 0.717) is 13.3 Å². The fourth-order valence-electron chi connectivity index (χ4n) is 2.20. The first-order valence-corrected chi connectivity index (χ1v) is 6.42. The van der Waals surface area contributed by atoms with Crippen molar-refractivity contribution in [3.05, 3.63) is 35.9 Å². The van der Waals surface area contributed by atoms with Crippen LogP contribution in [-0.2, 0) is 16.1 Å². The van der Waals surface area contributed by atoms with Crippen molar-refractivity contribution < 1.29 is 9.53 Å². The van der Waals surface area contributed by atoms with E-state index in [1.807, 2.05) is 30.3 Å². The van der Waals surface area contributed by atoms with Crippen LogP contribution in [0.25, 0.3) is 0 Å². The molecule has 18 heavy (non-hydrogen) atoms. The molecule has 1 fully saturated rings. The average Bonchev–Trinajstić information content (AvgIpc) is 2.46. The second-order valence-corrected chi connectivity index (χ2v) is 4.67. The zero-order valence-corrected chi connectivity index (χ0v) is 10.5. The lowest BCUT2D eigenvalue weighted by molar-refractivity contribution is -0.151. The highest BCUT2D eigenvalue weighted by Crippen LogP contribution is 2.18. The first-order valence-electron chi connectivity index (χ1n) is 6.42. The van der Waals surface area contributed by atoms with Crippen molar-refractivity contribution in [3.8, 4) is 0 Å². The molecule has 1 saturated heterocycles. The fourth-order valence-corrected chi connectivity index (χ4v) is 2.20. The van der Waals surface area contributed by atoms with Crippen LogP contribution >= 0.6 is 0 Å². The van der Waals surface area contributed by atoms with Crippen LogP contribution in [0.15, 0.2) is 30.3 Å². The molecule has 1 aliphatic heterocycles. The Morgan fingerprint density at radius 1 is 1.28 bits per heavy atom. The summed E-state index contributed by atoms with van der Waals surface area (Å²) >= 11 is 0. The molecule has 4 nitrogen and oxygen atoms in total. The Kier molecular flexibility index (Phi) is 4.73. The summed E-state index contributed by atoms with van der Waals surface area (Å²) in [5, 5.41) is 0. The molecule has 0 radical (unpaired) electrons. The number of hydrogen-bond acceptors (Lipinski definition) is 4. The van der Waals surface area contributed by atoms with Gasteiger partial charge in [-0.2, -0.15) is 0 Å². The van der Waals surface area contributed by atoms with Crippen LogP contribution in [0, 0.1) is 5.92 Å². The zero-order valence-electron chi connectivity index (χ0n) is 10.5. The minimum absolute atomic E-state index is 0.0384. The van der Waals surface area contributed by atoms with Gasteiger partial charge in [0.2, 0.25) is 0 Å². The van der Waals surface area contributed by atoms with Crippen LogP contribution < -0.4 is 5.73 Å². The molecule has 0 atom stereocenters. The Balaban J connectivity index is 1.75. The van der Waals surface area contributed by atoms with E-state index >= 15 is 0 Å². The van der Waals surface area contributed by atoms with Crippen LogP contribution in [0.1, 0.15) is 18.4 Å². The molecular weight excluding hydrogens is 228 g/mol. The second kappa shape index (κ2) is 6.52. The number of esters is 1. The number of nitrogens with two attached hydrogens (primary N) is 1. The lowest BCUT2D eigenvalue weighted by Gasteiger charge is -2.29. The first-order chi connectivity index (χ1) is 8.79. The molecule has 98 valence electrons. The Bertz CT molecular complexity index is 373. The van der Waals surface area contributed by atoms with Crippen molar-refractivity contribution >= 4 is 5.97 Å². The van der Waals surface area contributed by atoms with Gasteiger partial charge in [-0.05, 0) is 18.4 Å². The smallest absolute Gasteiger partial charge is 0.309 e. The van der Waals surface area contributed by atoms with E-state index in [1.165, 1.54) is 0 Å². The highest BCUT2D eigenvalue weighted by atomic mass is 16.5. The fraction of sp³-hybridized carbons (Fsp3) is 0.500. The summed E-state index contributed by atoms with van der Waals surface area (Å²) in [5.74, 6) is -0.0352. The molecule has 0 aromatic heterocycles. The molecular formula is C14H20N2O2. The van der Waals surface area contributed by atoms with Crippen molar-refractivity contribution in [2.24, 2.45) is 11.7 Å². The molecule has 1 aliphatic rings. The SMILES string of the molecule is NCN1CCC(C(=O)OCc2ccccc2)CC1. The third-order valence-electron chi connectivity index (χ3n) is 3.40. The van der Waals surface area contributed by atoms with Crippen molar-refractivity contribution in [1.29, 1.82) is 0 Å². The Labute approximate surface area is 108 Å². The average molecular weight is 248 g/mol. The number of hydrogen-bond donors (Lipinski definition) is 1. The Morgan fingerprint density at radius 3 is 2.56 bits per heavy atom. The highest BCUT2D eigenvalue weighted by molar-refractivity contribution is 5.72. The minimum atomic E-state index is -0.0736. The van der Waals surface area contributed by atoms with E-state index < -0.39 is 0 Å². The van der Waals surface area contributed by atoms with Gasteiger partial charge in [0.15, 0.2) is 0 Å². The Morgan fingerprint density at radius 2 is 1.94 bits per heavy atom. The number of rotatable bonds is 4. The summed E-state index contributed by atoms with van der Waals surface area (Å²) in [4.78, 5) is 14.0. The predicted molar refractivity (Wildman–Crippen MR) is 69.6 cm³/mol. The predicted octanol–water partition coefficient (Wildman–Crippen LogP) is 1.36. The second-order valence-electron chi connectivity index (χ2n) is 4.67. The van der Waals surface area contributed by atoms with Gasteiger partial charge in [0, 0.05) is 19.8 Å². The molecule has 2 N–H and O–H groups in total. The number of benzene rings is 1. The molecule has 4 heteroatoms. The van der Waals surface area contributed by atoms with Crippen LogP contribution in [0.3, 0.4) is 0 Å². The molecule has 1 heterocycles. The summed E-state index contributed by atoms with van der Waals surface area (Å²) in [6, 6.07) is 9.77. The number of carbonyl (C=O) groups excluding carboxylic acids is 1. The summed E-state index contributed by atoms with van der Waals surface area (Å²) in [7, 11) is 0. The summed E-state index contributed by atoms with van der Waals surface area (Å²) < 4.78 is 5.35. The van der Waals surface area contributed by atoms with E-state index in [0.717, 1.165) is 31.5 Å². The molecule has 0 amide bonds. The van der Waals surface area contributed by atoms with Gasteiger partial charge in [0.25, 0.3) is 0 Å². The molecule has 0 bridgehead atoms. The summed E-state index contributed by atoms with van der Waals surface area (Å²) in [6.45, 7) is 2.73. The lowest BCUT2D eigenvalue weighted by atomic mass is 9.97. The van der Waals surface area contributed by atoms with Gasteiger partial charge in [-0.25, -0.2) is 0 Å². The zero-order chi connectivity index (χ0) is 12.8. The van der Waals surface area contributed by atoms with Gasteiger partial charge >= 0.3 is 5.97 Å². The maximum atomic E-state index is 11.9. The van der Waals surface area contributed by atoms with Gasteiger partial charge in [-0.15, -0.1) is 0 Å². The maximum Gasteiger partial charge on any atom is 0.309 e. The van der Waals surface area contributed by atoms with Gasteiger partial charge in [-0.3, -0.25) is 9.69 Å². The van der Waals surface area contributed by atoms with Crippen LogP contribution in [-0.4, -0.2) is 30.6 Å². The standard InChI is InChI=1S/C14H20N2O2/c15-11-16-8-6-13(7-9-16)14(17)18-10-12-4-2-1-3-5-12/h1-5,13H,6-11,15H2. The number of carbonyl (C=O) groups is 1. The normalized spacial score (nSPS) is 17.6. The van der Waals surface area contributed by atoms with E-state index in [2.05, 4.69) is 4.90 Å². The lowest BCUT2D eigenvalue weighted by Crippen LogP contribution is -2.39. The number of ether oxygens (including phenoxy) is 1. The van der Waals surface area contributed by atoms with Gasteiger partial charge in [0.1, 0.15) is 6.61 Å². The number of piperidine rings is 1. The Hall–Kier alpha value is -1.39. The van der Waals surface area contributed by atoms with Crippen molar-refractivity contribution in [2.75, 3.05) is 19.8 Å². The van der Waals surface area contributed by atoms with Gasteiger partial charge < -0.3 is 10.5 Å². The molecule has 0 aliphatic carbocycles. The van der Waals surface area contributed by atoms with Crippen molar-refractivity contribution in [2.45, 2.75) is 19.4 Å². The van der Waals surface area contributed by atoms with Crippen LogP contribution in [0.2, 0.25) is 0 Å². The monoisotopic (exact) mass is 248 g/mol. The third-order valence-corrected chi connectivity index (χ3v) is 3.40. The molecule has 1 aromatic carbocycles. The summed E-state index contributed by atoms with van der Waals surface area (Å²) in [5.41, 5.74) is 6.60. The first kappa shape index (κ1) is 13.1. The van der Waals surface area contributed by atoms with E-state index in [9.17, 15) is 4.79 Å². The third kappa shape index (κ3) is 3.55. The van der Waals surface area contributed by atoms with Crippen LogP contribution in [0.4, 0.5) is 0 Å². The van der Waals surface area contributed by atoms with Crippen LogP contribution in [0.5, 0.6) is 0 Å². The van der Waals surface area contributed by atoms with Crippen molar-refractivity contribution in [1.82, 2.24) is 4.90 Å². The molecule has 0 spiro atoms. The minimum Gasteiger partial charge on any atom is -0.461 e. The number of likely N-dealkylation sites (tertiary alicyclic amines) is 1. The maximum absolute atomic E-state index is 11.9. The van der Waals surface area contributed by atoms with Gasteiger partial charge in [-0.1, -0.05) is 30.3 Å². The van der Waals surface area contributed by atoms with E-state index in [-0.39, 0.29) is 11.9 Å². The molecule has 2 rings (SSSR count). The van der Waals surface area contributed by atoms with E-state index in [4.69, 9.17) is 10.5 Å². The van der Waals surface area contributed by atoms with Crippen molar-refractivity contribution in [3.63, 3.8) is 0 Å². The quantitative estimate of drug-likeness (QED) is 0.817. The van der Waals surface area contributed by atoms with Gasteiger partial charge in [0.05, 0.1) is 5.92 Å².